The van der Waals surface area contributed by atoms with E-state index in [1.807, 2.05) is 36.4 Å². The molecular formula is C20H19NO5. The number of ether oxygens (including phenoxy) is 3. The highest BCUT2D eigenvalue weighted by Crippen LogP contribution is 2.30. The predicted molar refractivity (Wildman–Crippen MR) is 96.3 cm³/mol. The molecule has 0 aliphatic carbocycles. The number of benzene rings is 2. The first-order valence-corrected chi connectivity index (χ1v) is 8.19. The van der Waals surface area contributed by atoms with Gasteiger partial charge >= 0.3 is 11.9 Å². The molecule has 6 nitrogen and oxygen atoms in total. The topological polar surface area (TPSA) is 85.6 Å². The Kier molecular flexibility index (Phi) is 6.75. The Morgan fingerprint density at radius 1 is 1.08 bits per heavy atom. The molecule has 2 aromatic rings. The maximum absolute atomic E-state index is 11.9. The zero-order chi connectivity index (χ0) is 18.9. The van der Waals surface area contributed by atoms with Crippen molar-refractivity contribution >= 4 is 28.8 Å². The number of carbonyl (C=O) groups is 2. The molecule has 0 aromatic heterocycles. The maximum Gasteiger partial charge on any atom is 0.348 e. The maximum atomic E-state index is 11.9. The van der Waals surface area contributed by atoms with E-state index >= 15 is 0 Å². The fraction of sp³-hybridized carbons (Fsp3) is 0.250. The average Bonchev–Trinajstić information content (AvgIpc) is 2.65. The van der Waals surface area contributed by atoms with E-state index in [1.165, 1.54) is 6.08 Å². The lowest BCUT2D eigenvalue weighted by Crippen LogP contribution is -2.15. The summed E-state index contributed by atoms with van der Waals surface area (Å²) in [5.74, 6) is -0.838. The Bertz CT molecular complexity index is 879. The Hall–Kier alpha value is -3.33. The van der Waals surface area contributed by atoms with Gasteiger partial charge in [0.25, 0.3) is 0 Å². The second-order valence-electron chi connectivity index (χ2n) is 5.18. The van der Waals surface area contributed by atoms with Crippen LogP contribution in [0.2, 0.25) is 0 Å². The minimum absolute atomic E-state index is 0.149. The van der Waals surface area contributed by atoms with Crippen LogP contribution in [-0.4, -0.2) is 31.8 Å². The monoisotopic (exact) mass is 353 g/mol. The third-order valence-corrected chi connectivity index (χ3v) is 3.49. The van der Waals surface area contributed by atoms with E-state index in [2.05, 4.69) is 0 Å². The minimum Gasteiger partial charge on any atom is -0.481 e. The van der Waals surface area contributed by atoms with Crippen molar-refractivity contribution in [1.29, 1.82) is 5.26 Å². The summed E-state index contributed by atoms with van der Waals surface area (Å²) in [4.78, 5) is 23.5. The molecule has 0 spiro atoms. The van der Waals surface area contributed by atoms with Crippen molar-refractivity contribution in [3.63, 3.8) is 0 Å². The average molecular weight is 353 g/mol. The predicted octanol–water partition coefficient (Wildman–Crippen LogP) is 3.25. The van der Waals surface area contributed by atoms with Crippen molar-refractivity contribution in [3.05, 3.63) is 47.5 Å². The van der Waals surface area contributed by atoms with Crippen molar-refractivity contribution in [1.82, 2.24) is 0 Å². The number of hydrogen-bond acceptors (Lipinski definition) is 6. The lowest BCUT2D eigenvalue weighted by molar-refractivity contribution is -0.145. The van der Waals surface area contributed by atoms with Gasteiger partial charge in [-0.15, -0.1) is 0 Å². The quantitative estimate of drug-likeness (QED) is 0.431. The molecule has 134 valence electrons. The molecule has 0 N–H and O–H groups in total. The number of esters is 2. The SMILES string of the molecule is CCOC(=O)COc1ccc2ccccc2c1/C=C(\C#N)C(=O)OCC. The summed E-state index contributed by atoms with van der Waals surface area (Å²) in [6.07, 6.45) is 1.42. The first kappa shape index (κ1) is 19.0. The van der Waals surface area contributed by atoms with Crippen LogP contribution >= 0.6 is 0 Å². The van der Waals surface area contributed by atoms with Gasteiger partial charge in [-0.1, -0.05) is 30.3 Å². The first-order chi connectivity index (χ1) is 12.6. The molecule has 0 radical (unpaired) electrons. The van der Waals surface area contributed by atoms with Crippen molar-refractivity contribution < 1.29 is 23.8 Å². The van der Waals surface area contributed by atoms with Gasteiger partial charge in [0.05, 0.1) is 13.2 Å². The van der Waals surface area contributed by atoms with Gasteiger partial charge in [0.1, 0.15) is 17.4 Å². The number of rotatable bonds is 7. The molecule has 0 atom stereocenters. The Morgan fingerprint density at radius 3 is 2.50 bits per heavy atom. The highest BCUT2D eigenvalue weighted by atomic mass is 16.6. The zero-order valence-corrected chi connectivity index (χ0v) is 14.7. The molecule has 2 aromatic carbocycles. The molecule has 26 heavy (non-hydrogen) atoms. The van der Waals surface area contributed by atoms with Crippen LogP contribution in [0.1, 0.15) is 19.4 Å². The molecule has 0 saturated carbocycles. The summed E-state index contributed by atoms with van der Waals surface area (Å²) in [6, 6.07) is 12.8. The van der Waals surface area contributed by atoms with Crippen LogP contribution in [0.3, 0.4) is 0 Å². The number of nitriles is 1. The number of hydrogen-bond donors (Lipinski definition) is 0. The van der Waals surface area contributed by atoms with E-state index in [4.69, 9.17) is 14.2 Å². The molecule has 0 heterocycles. The molecule has 0 unspecified atom stereocenters. The largest absolute Gasteiger partial charge is 0.481 e. The second kappa shape index (κ2) is 9.23. The fourth-order valence-corrected chi connectivity index (χ4v) is 2.38. The lowest BCUT2D eigenvalue weighted by atomic mass is 10.0. The summed E-state index contributed by atoms with van der Waals surface area (Å²) in [7, 11) is 0. The van der Waals surface area contributed by atoms with Gasteiger partial charge in [-0.25, -0.2) is 9.59 Å². The van der Waals surface area contributed by atoms with Gasteiger partial charge in [0.2, 0.25) is 0 Å². The smallest absolute Gasteiger partial charge is 0.348 e. The number of carbonyl (C=O) groups excluding carboxylic acids is 2. The van der Waals surface area contributed by atoms with Crippen LogP contribution in [0, 0.1) is 11.3 Å². The van der Waals surface area contributed by atoms with Gasteiger partial charge in [-0.3, -0.25) is 0 Å². The summed E-state index contributed by atoms with van der Waals surface area (Å²) in [6.45, 7) is 3.53. The van der Waals surface area contributed by atoms with Gasteiger partial charge in [-0.05, 0) is 36.8 Å². The molecule has 0 saturated heterocycles. The number of fused-ring (bicyclic) bond motifs is 1. The minimum atomic E-state index is -0.709. The van der Waals surface area contributed by atoms with Crippen LogP contribution in [-0.2, 0) is 19.1 Å². The van der Waals surface area contributed by atoms with Gasteiger partial charge in [0.15, 0.2) is 6.61 Å². The Morgan fingerprint density at radius 2 is 1.81 bits per heavy atom. The second-order valence-corrected chi connectivity index (χ2v) is 5.18. The third kappa shape index (κ3) is 4.61. The van der Waals surface area contributed by atoms with Gasteiger partial charge in [0, 0.05) is 5.56 Å². The van der Waals surface area contributed by atoms with Crippen molar-refractivity contribution in [2.75, 3.05) is 19.8 Å². The van der Waals surface area contributed by atoms with Crippen molar-refractivity contribution in [2.24, 2.45) is 0 Å². The first-order valence-electron chi connectivity index (χ1n) is 8.19. The van der Waals surface area contributed by atoms with E-state index in [0.29, 0.717) is 11.3 Å². The molecule has 0 bridgehead atoms. The molecule has 6 heteroatoms. The molecule has 2 rings (SSSR count). The van der Waals surface area contributed by atoms with Crippen LogP contribution in [0.25, 0.3) is 16.8 Å². The Labute approximate surface area is 151 Å². The molecular weight excluding hydrogens is 334 g/mol. The van der Waals surface area contributed by atoms with Crippen LogP contribution in [0.15, 0.2) is 42.0 Å². The summed E-state index contributed by atoms with van der Waals surface area (Å²) in [5.41, 5.74) is 0.376. The standard InChI is InChI=1S/C20H19NO5/c1-3-24-19(22)13-26-18-10-9-14-7-5-6-8-16(14)17(18)11-15(12-21)20(23)25-4-2/h5-11H,3-4,13H2,1-2H3/b15-11+. The van der Waals surface area contributed by atoms with Crippen LogP contribution < -0.4 is 4.74 Å². The summed E-state index contributed by atoms with van der Waals surface area (Å²) < 4.78 is 15.3. The molecule has 0 amide bonds. The summed E-state index contributed by atoms with van der Waals surface area (Å²) in [5, 5.41) is 11.0. The van der Waals surface area contributed by atoms with E-state index in [9.17, 15) is 14.9 Å². The van der Waals surface area contributed by atoms with E-state index < -0.39 is 11.9 Å². The summed E-state index contributed by atoms with van der Waals surface area (Å²) >= 11 is 0. The highest BCUT2D eigenvalue weighted by molar-refractivity contribution is 6.02. The van der Waals surface area contributed by atoms with E-state index in [1.54, 1.807) is 19.9 Å². The van der Waals surface area contributed by atoms with Crippen LogP contribution in [0.5, 0.6) is 5.75 Å². The normalized spacial score (nSPS) is 10.9. The molecule has 0 fully saturated rings. The van der Waals surface area contributed by atoms with Gasteiger partial charge in [-0.2, -0.15) is 5.26 Å². The van der Waals surface area contributed by atoms with Crippen molar-refractivity contribution in [2.45, 2.75) is 13.8 Å². The molecule has 0 aliphatic heterocycles. The Balaban J connectivity index is 2.49. The molecule has 0 aliphatic rings. The third-order valence-electron chi connectivity index (χ3n) is 3.49. The highest BCUT2D eigenvalue weighted by Gasteiger charge is 2.15. The lowest BCUT2D eigenvalue weighted by Gasteiger charge is -2.12. The number of nitrogens with zero attached hydrogens (tertiary/aromatic N) is 1. The van der Waals surface area contributed by atoms with E-state index in [-0.39, 0.29) is 25.4 Å². The zero-order valence-electron chi connectivity index (χ0n) is 14.7. The fourth-order valence-electron chi connectivity index (χ4n) is 2.38. The van der Waals surface area contributed by atoms with Crippen molar-refractivity contribution in [3.8, 4) is 11.8 Å². The van der Waals surface area contributed by atoms with Gasteiger partial charge < -0.3 is 14.2 Å². The van der Waals surface area contributed by atoms with Crippen LogP contribution in [0.4, 0.5) is 0 Å². The van der Waals surface area contributed by atoms with E-state index in [0.717, 1.165) is 10.8 Å².